The molecule has 0 radical (unpaired) electrons. The molecule has 82 valence electrons. The summed E-state index contributed by atoms with van der Waals surface area (Å²) >= 11 is 0. The molecule has 0 aliphatic rings. The van der Waals surface area contributed by atoms with E-state index in [9.17, 15) is 10.1 Å². The highest BCUT2D eigenvalue weighted by Crippen LogP contribution is 2.30. The maximum absolute atomic E-state index is 10.8. The van der Waals surface area contributed by atoms with Crippen molar-refractivity contribution < 1.29 is 4.92 Å². The lowest BCUT2D eigenvalue weighted by Crippen LogP contribution is -2.14. The monoisotopic (exact) mass is 209 g/mol. The Morgan fingerprint density at radius 2 is 1.73 bits per heavy atom. The largest absolute Gasteiger partial charge is 0.378 e. The summed E-state index contributed by atoms with van der Waals surface area (Å²) in [4.78, 5) is 14.1. The Morgan fingerprint density at radius 1 is 1.13 bits per heavy atom. The van der Waals surface area contributed by atoms with Gasteiger partial charge in [-0.3, -0.25) is 10.1 Å². The number of hydrogen-bond acceptors (Lipinski definition) is 4. The SMILES string of the molecule is CN(C)c1ccc([N+](=O)[O-])c(N(C)C)c1. The second kappa shape index (κ2) is 4.16. The number of rotatable bonds is 3. The van der Waals surface area contributed by atoms with Crippen molar-refractivity contribution in [1.29, 1.82) is 0 Å². The van der Waals surface area contributed by atoms with Crippen LogP contribution in [0.5, 0.6) is 0 Å². The summed E-state index contributed by atoms with van der Waals surface area (Å²) in [6, 6.07) is 5.08. The van der Waals surface area contributed by atoms with Gasteiger partial charge >= 0.3 is 0 Å². The van der Waals surface area contributed by atoms with Crippen LogP contribution in [-0.4, -0.2) is 33.1 Å². The van der Waals surface area contributed by atoms with E-state index < -0.39 is 0 Å². The molecule has 0 saturated heterocycles. The Bertz CT molecular complexity index is 375. The molecular formula is C10H15N3O2. The topological polar surface area (TPSA) is 49.6 Å². The molecule has 0 fully saturated rings. The second-order valence-corrected chi connectivity index (χ2v) is 3.72. The minimum atomic E-state index is -0.366. The quantitative estimate of drug-likeness (QED) is 0.562. The molecule has 0 spiro atoms. The third-order valence-corrected chi connectivity index (χ3v) is 2.15. The molecule has 0 bridgehead atoms. The Hall–Kier alpha value is -1.78. The maximum Gasteiger partial charge on any atom is 0.292 e. The van der Waals surface area contributed by atoms with Crippen molar-refractivity contribution in [3.63, 3.8) is 0 Å². The summed E-state index contributed by atoms with van der Waals surface area (Å²) in [7, 11) is 7.39. The standard InChI is InChI=1S/C10H15N3O2/c1-11(2)8-5-6-9(13(14)15)10(7-8)12(3)4/h5-7H,1-4H3. The molecule has 0 unspecified atom stereocenters. The van der Waals surface area contributed by atoms with E-state index in [1.165, 1.54) is 6.07 Å². The highest BCUT2D eigenvalue weighted by atomic mass is 16.6. The zero-order valence-corrected chi connectivity index (χ0v) is 9.39. The zero-order valence-electron chi connectivity index (χ0n) is 9.39. The predicted octanol–water partition coefficient (Wildman–Crippen LogP) is 1.73. The van der Waals surface area contributed by atoms with Gasteiger partial charge in [-0.15, -0.1) is 0 Å². The van der Waals surface area contributed by atoms with Crippen molar-refractivity contribution in [2.45, 2.75) is 0 Å². The number of nitrogens with zero attached hydrogens (tertiary/aromatic N) is 3. The molecule has 0 N–H and O–H groups in total. The molecule has 0 saturated carbocycles. The molecule has 0 heterocycles. The molecule has 5 nitrogen and oxygen atoms in total. The van der Waals surface area contributed by atoms with Crippen molar-refractivity contribution in [2.24, 2.45) is 0 Å². The Balaban J connectivity index is 3.27. The summed E-state index contributed by atoms with van der Waals surface area (Å²) in [5.74, 6) is 0. The lowest BCUT2D eigenvalue weighted by molar-refractivity contribution is -0.384. The number of nitro benzene ring substituents is 1. The van der Waals surface area contributed by atoms with Crippen LogP contribution < -0.4 is 9.80 Å². The van der Waals surface area contributed by atoms with Crippen LogP contribution in [0, 0.1) is 10.1 Å². The van der Waals surface area contributed by atoms with E-state index >= 15 is 0 Å². The van der Waals surface area contributed by atoms with Gasteiger partial charge in [0.15, 0.2) is 0 Å². The number of hydrogen-bond donors (Lipinski definition) is 0. The fraction of sp³-hybridized carbons (Fsp3) is 0.400. The van der Waals surface area contributed by atoms with Crippen LogP contribution >= 0.6 is 0 Å². The third-order valence-electron chi connectivity index (χ3n) is 2.15. The number of benzene rings is 1. The van der Waals surface area contributed by atoms with Crippen LogP contribution in [0.1, 0.15) is 0 Å². The van der Waals surface area contributed by atoms with Gasteiger partial charge < -0.3 is 9.80 Å². The minimum absolute atomic E-state index is 0.130. The third kappa shape index (κ3) is 2.37. The first-order valence-electron chi connectivity index (χ1n) is 4.56. The van der Waals surface area contributed by atoms with Crippen molar-refractivity contribution in [3.05, 3.63) is 28.3 Å². The average Bonchev–Trinajstić information content (AvgIpc) is 2.16. The molecule has 1 aromatic rings. The fourth-order valence-corrected chi connectivity index (χ4v) is 1.30. The Labute approximate surface area is 89.1 Å². The highest BCUT2D eigenvalue weighted by molar-refractivity contribution is 5.69. The lowest BCUT2D eigenvalue weighted by Gasteiger charge is -2.17. The highest BCUT2D eigenvalue weighted by Gasteiger charge is 2.15. The van der Waals surface area contributed by atoms with Gasteiger partial charge in [0, 0.05) is 39.9 Å². The first-order valence-corrected chi connectivity index (χ1v) is 4.56. The first kappa shape index (κ1) is 11.3. The molecular weight excluding hydrogens is 194 g/mol. The van der Waals surface area contributed by atoms with Crippen molar-refractivity contribution in [3.8, 4) is 0 Å². The Morgan fingerprint density at radius 3 is 2.13 bits per heavy atom. The zero-order chi connectivity index (χ0) is 11.6. The second-order valence-electron chi connectivity index (χ2n) is 3.72. The van der Waals surface area contributed by atoms with Crippen LogP contribution in [0.25, 0.3) is 0 Å². The maximum atomic E-state index is 10.8. The average molecular weight is 209 g/mol. The Kier molecular flexibility index (Phi) is 3.14. The van der Waals surface area contributed by atoms with Crippen LogP contribution in [0.15, 0.2) is 18.2 Å². The van der Waals surface area contributed by atoms with Gasteiger partial charge in [0.1, 0.15) is 5.69 Å². The molecule has 0 atom stereocenters. The smallest absolute Gasteiger partial charge is 0.292 e. The van der Waals surface area contributed by atoms with Crippen molar-refractivity contribution in [2.75, 3.05) is 38.0 Å². The van der Waals surface area contributed by atoms with Gasteiger partial charge in [-0.25, -0.2) is 0 Å². The van der Waals surface area contributed by atoms with Gasteiger partial charge in [0.05, 0.1) is 4.92 Å². The summed E-state index contributed by atoms with van der Waals surface area (Å²) in [5.41, 5.74) is 1.70. The molecule has 1 aromatic carbocycles. The molecule has 0 aliphatic carbocycles. The van der Waals surface area contributed by atoms with E-state index in [0.29, 0.717) is 5.69 Å². The van der Waals surface area contributed by atoms with Gasteiger partial charge in [-0.1, -0.05) is 0 Å². The van der Waals surface area contributed by atoms with E-state index in [1.807, 2.05) is 19.0 Å². The van der Waals surface area contributed by atoms with Gasteiger partial charge in [-0.05, 0) is 12.1 Å². The van der Waals surface area contributed by atoms with Gasteiger partial charge in [0.25, 0.3) is 5.69 Å². The lowest BCUT2D eigenvalue weighted by atomic mass is 10.2. The van der Waals surface area contributed by atoms with E-state index in [1.54, 1.807) is 31.1 Å². The fourth-order valence-electron chi connectivity index (χ4n) is 1.30. The van der Waals surface area contributed by atoms with E-state index in [-0.39, 0.29) is 10.6 Å². The van der Waals surface area contributed by atoms with E-state index in [4.69, 9.17) is 0 Å². The minimum Gasteiger partial charge on any atom is -0.378 e. The summed E-state index contributed by atoms with van der Waals surface area (Å²) < 4.78 is 0. The van der Waals surface area contributed by atoms with Crippen molar-refractivity contribution in [1.82, 2.24) is 0 Å². The molecule has 0 aromatic heterocycles. The normalized spacial score (nSPS) is 9.87. The summed E-state index contributed by atoms with van der Waals surface area (Å²) in [6.45, 7) is 0. The van der Waals surface area contributed by atoms with Crippen molar-refractivity contribution >= 4 is 17.1 Å². The molecule has 0 aliphatic heterocycles. The number of nitro groups is 1. The molecule has 0 amide bonds. The number of anilines is 2. The van der Waals surface area contributed by atoms with Crippen LogP contribution in [0.2, 0.25) is 0 Å². The van der Waals surface area contributed by atoms with Gasteiger partial charge in [-0.2, -0.15) is 0 Å². The van der Waals surface area contributed by atoms with Gasteiger partial charge in [0.2, 0.25) is 0 Å². The molecule has 15 heavy (non-hydrogen) atoms. The molecule has 1 rings (SSSR count). The predicted molar refractivity (Wildman–Crippen MR) is 61.8 cm³/mol. The summed E-state index contributed by atoms with van der Waals surface area (Å²) in [5, 5.41) is 10.8. The summed E-state index contributed by atoms with van der Waals surface area (Å²) in [6.07, 6.45) is 0. The molecule has 5 heteroatoms. The van der Waals surface area contributed by atoms with E-state index in [0.717, 1.165) is 5.69 Å². The first-order chi connectivity index (χ1) is 6.93. The van der Waals surface area contributed by atoms with E-state index in [2.05, 4.69) is 0 Å². The van der Waals surface area contributed by atoms with Crippen LogP contribution in [0.3, 0.4) is 0 Å². The van der Waals surface area contributed by atoms with Crippen LogP contribution in [0.4, 0.5) is 17.1 Å². The van der Waals surface area contributed by atoms with Crippen LogP contribution in [-0.2, 0) is 0 Å².